The third kappa shape index (κ3) is 5.50. The van der Waals surface area contributed by atoms with E-state index in [1.807, 2.05) is 6.92 Å². The normalized spacial score (nSPS) is 15.4. The van der Waals surface area contributed by atoms with E-state index in [2.05, 4.69) is 30.7 Å². The fourth-order valence-corrected chi connectivity index (χ4v) is 4.66. The summed E-state index contributed by atoms with van der Waals surface area (Å²) in [5, 5.41) is 11.6. The average molecular weight is 520 g/mol. The minimum absolute atomic E-state index is 0.0547. The van der Waals surface area contributed by atoms with Crippen LogP contribution in [0.15, 0.2) is 36.7 Å². The molecule has 1 fully saturated rings. The number of fused-ring (bicyclic) bond motifs is 2. The van der Waals surface area contributed by atoms with Crippen molar-refractivity contribution in [3.05, 3.63) is 48.2 Å². The van der Waals surface area contributed by atoms with Gasteiger partial charge < -0.3 is 24.3 Å². The maximum absolute atomic E-state index is 15.1. The number of nitrogens with one attached hydrogen (secondary N) is 1. The van der Waals surface area contributed by atoms with Crippen molar-refractivity contribution in [2.24, 2.45) is 0 Å². The van der Waals surface area contributed by atoms with Crippen LogP contribution in [0, 0.1) is 25.1 Å². The first-order chi connectivity index (χ1) is 18.4. The fraction of sp³-hybridized carbons (Fsp3) is 0.357. The zero-order valence-electron chi connectivity index (χ0n) is 21.4. The second-order valence-corrected chi connectivity index (χ2v) is 9.34. The van der Waals surface area contributed by atoms with Gasteiger partial charge in [-0.3, -0.25) is 9.80 Å². The van der Waals surface area contributed by atoms with E-state index in [1.165, 1.54) is 13.4 Å². The number of hydrogen-bond donors (Lipinski definition) is 2. The Labute approximate surface area is 220 Å². The second kappa shape index (κ2) is 11.2. The number of piperazine rings is 1. The third-order valence-corrected chi connectivity index (χ3v) is 6.61. The van der Waals surface area contributed by atoms with Crippen LogP contribution in [-0.2, 0) is 0 Å². The molecular formula is C28H30FN5O4. The van der Waals surface area contributed by atoms with E-state index in [9.17, 15) is 5.11 Å². The Balaban J connectivity index is 1.29. The second-order valence-electron chi connectivity index (χ2n) is 9.34. The minimum Gasteiger partial charge on any atom is -0.493 e. The molecule has 2 aromatic heterocycles. The maximum atomic E-state index is 15.1. The molecule has 198 valence electrons. The number of methoxy groups -OCH3 is 1. The molecule has 0 spiro atoms. The summed E-state index contributed by atoms with van der Waals surface area (Å²) in [5.74, 6) is 3.29. The van der Waals surface area contributed by atoms with Gasteiger partial charge in [0.1, 0.15) is 19.0 Å². The van der Waals surface area contributed by atoms with E-state index < -0.39 is 11.9 Å². The van der Waals surface area contributed by atoms with Crippen LogP contribution in [0.3, 0.4) is 0 Å². The third-order valence-electron chi connectivity index (χ3n) is 6.61. The summed E-state index contributed by atoms with van der Waals surface area (Å²) in [6.07, 6.45) is 6.05. The van der Waals surface area contributed by atoms with Crippen LogP contribution in [-0.4, -0.2) is 88.9 Å². The number of aryl methyl sites for hydroxylation is 1. The van der Waals surface area contributed by atoms with Gasteiger partial charge in [0.25, 0.3) is 0 Å². The fourth-order valence-electron chi connectivity index (χ4n) is 4.66. The number of β-amino-alcohol motifs (C(OH)–C–C–N with tert-alkyl or cyclic N) is 1. The Bertz CT molecular complexity index is 1480. The van der Waals surface area contributed by atoms with Crippen molar-refractivity contribution >= 4 is 21.8 Å². The molecule has 0 unspecified atom stereocenters. The largest absolute Gasteiger partial charge is 0.493 e. The van der Waals surface area contributed by atoms with E-state index in [1.54, 1.807) is 30.3 Å². The van der Waals surface area contributed by atoms with Gasteiger partial charge in [-0.2, -0.15) is 0 Å². The number of ether oxygens (including phenoxy) is 3. The molecule has 5 rings (SSSR count). The van der Waals surface area contributed by atoms with Crippen molar-refractivity contribution in [2.75, 3.05) is 53.0 Å². The van der Waals surface area contributed by atoms with E-state index in [4.69, 9.17) is 20.6 Å². The van der Waals surface area contributed by atoms with Crippen LogP contribution in [0.4, 0.5) is 4.39 Å². The van der Waals surface area contributed by atoms with Crippen molar-refractivity contribution < 1.29 is 23.7 Å². The highest BCUT2D eigenvalue weighted by Crippen LogP contribution is 2.37. The Hall–Kier alpha value is -3.91. The number of aromatic nitrogens is 3. The molecule has 2 aromatic carbocycles. The molecule has 3 heterocycles. The van der Waals surface area contributed by atoms with Gasteiger partial charge in [0.2, 0.25) is 5.88 Å². The molecule has 9 nitrogen and oxygen atoms in total. The van der Waals surface area contributed by atoms with Crippen LogP contribution >= 0.6 is 0 Å². The molecule has 1 saturated heterocycles. The first-order valence-electron chi connectivity index (χ1n) is 12.4. The van der Waals surface area contributed by atoms with Crippen molar-refractivity contribution in [3.8, 4) is 35.5 Å². The van der Waals surface area contributed by atoms with Gasteiger partial charge in [0.15, 0.2) is 23.1 Å². The number of benzene rings is 2. The van der Waals surface area contributed by atoms with E-state index in [-0.39, 0.29) is 18.2 Å². The van der Waals surface area contributed by atoms with Crippen LogP contribution in [0.5, 0.6) is 23.1 Å². The molecule has 38 heavy (non-hydrogen) atoms. The standard InChI is InChI=1S/C28H30FN5O4/c1-4-7-33-8-10-34(11-9-33)15-19(35)16-37-26-14-23-21(13-25(26)36-3)28(31-17-30-23)38-24-6-5-22-20(27(24)29)12-18(2)32-22/h1,5-6,12-14,17,19,32,35H,7-11,15-16H2,2-3H3/t19-/m1/s1. The summed E-state index contributed by atoms with van der Waals surface area (Å²) < 4.78 is 32.4. The first kappa shape index (κ1) is 25.7. The molecule has 1 aliphatic heterocycles. The number of aliphatic hydroxyl groups excluding tert-OH is 1. The number of H-pyrrole nitrogens is 1. The molecule has 1 atom stereocenters. The molecule has 2 N–H and O–H groups in total. The predicted octanol–water partition coefficient (Wildman–Crippen LogP) is 3.35. The van der Waals surface area contributed by atoms with Crippen molar-refractivity contribution in [1.29, 1.82) is 0 Å². The van der Waals surface area contributed by atoms with Crippen LogP contribution in [0.2, 0.25) is 0 Å². The molecule has 1 aliphatic rings. The molecule has 0 bridgehead atoms. The summed E-state index contributed by atoms with van der Waals surface area (Å²) in [5.41, 5.74) is 2.08. The summed E-state index contributed by atoms with van der Waals surface area (Å²) in [6, 6.07) is 8.44. The molecule has 0 aliphatic carbocycles. The van der Waals surface area contributed by atoms with Gasteiger partial charge in [0, 0.05) is 55.4 Å². The van der Waals surface area contributed by atoms with Gasteiger partial charge >= 0.3 is 0 Å². The Kier molecular flexibility index (Phi) is 7.60. The Morgan fingerprint density at radius 3 is 2.63 bits per heavy atom. The predicted molar refractivity (Wildman–Crippen MR) is 142 cm³/mol. The average Bonchev–Trinajstić information content (AvgIpc) is 3.31. The lowest BCUT2D eigenvalue weighted by atomic mass is 10.2. The molecule has 10 heteroatoms. The van der Waals surface area contributed by atoms with Crippen molar-refractivity contribution in [1.82, 2.24) is 24.8 Å². The Morgan fingerprint density at radius 2 is 1.87 bits per heavy atom. The van der Waals surface area contributed by atoms with E-state index >= 15 is 4.39 Å². The van der Waals surface area contributed by atoms with Crippen LogP contribution < -0.4 is 14.2 Å². The molecule has 0 amide bonds. The summed E-state index contributed by atoms with van der Waals surface area (Å²) in [7, 11) is 1.52. The van der Waals surface area contributed by atoms with E-state index in [0.717, 1.165) is 31.9 Å². The highest BCUT2D eigenvalue weighted by molar-refractivity contribution is 5.87. The number of halogens is 1. The zero-order valence-corrected chi connectivity index (χ0v) is 21.4. The zero-order chi connectivity index (χ0) is 26.6. The quantitative estimate of drug-likeness (QED) is 0.325. The number of terminal acetylenes is 1. The number of aromatic amines is 1. The minimum atomic E-state index is -0.686. The first-order valence-corrected chi connectivity index (χ1v) is 12.4. The lowest BCUT2D eigenvalue weighted by Gasteiger charge is -2.34. The van der Waals surface area contributed by atoms with Crippen LogP contribution in [0.1, 0.15) is 5.69 Å². The van der Waals surface area contributed by atoms with Gasteiger partial charge in [-0.1, -0.05) is 5.92 Å². The number of nitrogens with zero attached hydrogens (tertiary/aromatic N) is 4. The van der Waals surface area contributed by atoms with Crippen LogP contribution in [0.25, 0.3) is 21.8 Å². The summed E-state index contributed by atoms with van der Waals surface area (Å²) in [4.78, 5) is 16.1. The van der Waals surface area contributed by atoms with Gasteiger partial charge in [-0.25, -0.2) is 14.4 Å². The Morgan fingerprint density at radius 1 is 1.08 bits per heavy atom. The van der Waals surface area contributed by atoms with Crippen molar-refractivity contribution in [2.45, 2.75) is 13.0 Å². The molecule has 0 radical (unpaired) electrons. The number of rotatable bonds is 9. The van der Waals surface area contributed by atoms with E-state index in [0.29, 0.717) is 46.4 Å². The summed E-state index contributed by atoms with van der Waals surface area (Å²) >= 11 is 0. The van der Waals surface area contributed by atoms with Crippen molar-refractivity contribution in [3.63, 3.8) is 0 Å². The van der Waals surface area contributed by atoms with Gasteiger partial charge in [-0.05, 0) is 31.2 Å². The number of hydrogen-bond acceptors (Lipinski definition) is 8. The summed E-state index contributed by atoms with van der Waals surface area (Å²) in [6.45, 7) is 6.54. The monoisotopic (exact) mass is 519 g/mol. The smallest absolute Gasteiger partial charge is 0.230 e. The molecular weight excluding hydrogens is 489 g/mol. The topological polar surface area (TPSA) is 96.0 Å². The van der Waals surface area contributed by atoms with Gasteiger partial charge in [-0.15, -0.1) is 6.42 Å². The van der Waals surface area contributed by atoms with Gasteiger partial charge in [0.05, 0.1) is 24.6 Å². The lowest BCUT2D eigenvalue weighted by Crippen LogP contribution is -2.49. The number of aliphatic hydroxyl groups is 1. The highest BCUT2D eigenvalue weighted by atomic mass is 19.1. The lowest BCUT2D eigenvalue weighted by molar-refractivity contribution is 0.0479. The maximum Gasteiger partial charge on any atom is 0.230 e. The highest BCUT2D eigenvalue weighted by Gasteiger charge is 2.20. The molecule has 0 saturated carbocycles. The molecule has 4 aromatic rings. The SMILES string of the molecule is C#CCN1CCN(C[C@@H](O)COc2cc3ncnc(Oc4ccc5[nH]c(C)cc5c4F)c3cc2OC)CC1.